The summed E-state index contributed by atoms with van der Waals surface area (Å²) in [6, 6.07) is 12.3. The van der Waals surface area contributed by atoms with Crippen LogP contribution in [0.5, 0.6) is 5.75 Å². The molecule has 0 aliphatic rings. The number of nitrogens with one attached hydrogen (secondary N) is 1. The van der Waals surface area contributed by atoms with Crippen LogP contribution < -0.4 is 5.43 Å². The molecule has 0 bridgehead atoms. The molecule has 0 saturated carbocycles. The van der Waals surface area contributed by atoms with E-state index in [-0.39, 0.29) is 11.7 Å². The molecular weight excluding hydrogens is 320 g/mol. The molecule has 0 heterocycles. The lowest BCUT2D eigenvalue weighted by atomic mass is 10.1. The Morgan fingerprint density at radius 3 is 2.70 bits per heavy atom. The number of carbonyl (C=O) groups excluding carboxylic acids is 1. The minimum Gasteiger partial charge on any atom is -0.507 e. The average Bonchev–Trinajstić information content (AvgIpc) is 2.44. The number of nitrogens with zero attached hydrogens (tertiary/aromatic N) is 1. The maximum Gasteiger partial charge on any atom is 0.271 e. The molecule has 0 unspecified atom stereocenters. The Morgan fingerprint density at radius 1 is 1.30 bits per heavy atom. The van der Waals surface area contributed by atoms with Crippen LogP contribution in [-0.4, -0.2) is 17.2 Å². The van der Waals surface area contributed by atoms with Gasteiger partial charge in [-0.25, -0.2) is 5.43 Å². The number of hydrogen-bond donors (Lipinski definition) is 2. The second kappa shape index (κ2) is 6.34. The van der Waals surface area contributed by atoms with Crippen LogP contribution >= 0.6 is 15.9 Å². The molecule has 0 radical (unpaired) electrons. The summed E-state index contributed by atoms with van der Waals surface area (Å²) in [6.45, 7) is 1.79. The fourth-order valence-corrected chi connectivity index (χ4v) is 2.26. The summed E-state index contributed by atoms with van der Waals surface area (Å²) in [7, 11) is 0. The van der Waals surface area contributed by atoms with Crippen LogP contribution in [0.25, 0.3) is 0 Å². The monoisotopic (exact) mass is 332 g/mol. The number of halogens is 1. The molecule has 0 spiro atoms. The summed E-state index contributed by atoms with van der Waals surface area (Å²) in [5.74, 6) is -0.154. The Bertz CT molecular complexity index is 654. The van der Waals surface area contributed by atoms with Gasteiger partial charge in [-0.15, -0.1) is 0 Å². The number of phenolic OH excluding ortho intramolecular Hbond substituents is 1. The Labute approximate surface area is 125 Å². The molecule has 1 amide bonds. The first-order valence-corrected chi connectivity index (χ1v) is 6.75. The third-order valence-corrected chi connectivity index (χ3v) is 3.16. The minimum atomic E-state index is -0.298. The van der Waals surface area contributed by atoms with Gasteiger partial charge in [0.05, 0.1) is 6.21 Å². The molecule has 0 aliphatic heterocycles. The SMILES string of the molecule is Cc1cc(Br)cc(C=NNC(=O)c2ccccc2)c1O. The van der Waals surface area contributed by atoms with Crippen molar-refractivity contribution in [3.05, 3.63) is 63.6 Å². The van der Waals surface area contributed by atoms with Gasteiger partial charge < -0.3 is 5.11 Å². The van der Waals surface area contributed by atoms with E-state index in [0.29, 0.717) is 11.1 Å². The maximum absolute atomic E-state index is 11.8. The van der Waals surface area contributed by atoms with Crippen molar-refractivity contribution in [1.82, 2.24) is 5.43 Å². The van der Waals surface area contributed by atoms with Crippen molar-refractivity contribution in [3.8, 4) is 5.75 Å². The van der Waals surface area contributed by atoms with Crippen molar-refractivity contribution in [2.24, 2.45) is 5.10 Å². The summed E-state index contributed by atoms with van der Waals surface area (Å²) in [6.07, 6.45) is 1.41. The lowest BCUT2D eigenvalue weighted by Gasteiger charge is -2.04. The minimum absolute atomic E-state index is 0.144. The summed E-state index contributed by atoms with van der Waals surface area (Å²) < 4.78 is 0.837. The van der Waals surface area contributed by atoms with Crippen molar-refractivity contribution in [3.63, 3.8) is 0 Å². The highest BCUT2D eigenvalue weighted by molar-refractivity contribution is 9.10. The van der Waals surface area contributed by atoms with Gasteiger partial charge in [-0.05, 0) is 36.8 Å². The molecular formula is C15H13BrN2O2. The molecule has 5 heteroatoms. The van der Waals surface area contributed by atoms with Gasteiger partial charge in [0.15, 0.2) is 0 Å². The number of hydrazone groups is 1. The van der Waals surface area contributed by atoms with Gasteiger partial charge >= 0.3 is 0 Å². The van der Waals surface area contributed by atoms with Gasteiger partial charge in [-0.2, -0.15) is 5.10 Å². The summed E-state index contributed by atoms with van der Waals surface area (Å²) in [5.41, 5.74) is 4.21. The van der Waals surface area contributed by atoms with Crippen molar-refractivity contribution in [2.75, 3.05) is 0 Å². The standard InChI is InChI=1S/C15H13BrN2O2/c1-10-7-13(16)8-12(14(10)19)9-17-18-15(20)11-5-3-2-4-6-11/h2-9,19H,1H3,(H,18,20). The van der Waals surface area contributed by atoms with Crippen LogP contribution in [0.2, 0.25) is 0 Å². The van der Waals surface area contributed by atoms with Crippen LogP contribution in [0.15, 0.2) is 52.0 Å². The van der Waals surface area contributed by atoms with E-state index < -0.39 is 0 Å². The van der Waals surface area contributed by atoms with Crippen LogP contribution in [-0.2, 0) is 0 Å². The molecule has 102 valence electrons. The zero-order chi connectivity index (χ0) is 14.5. The Kier molecular flexibility index (Phi) is 4.53. The van der Waals surface area contributed by atoms with E-state index in [1.54, 1.807) is 43.3 Å². The molecule has 0 atom stereocenters. The largest absolute Gasteiger partial charge is 0.507 e. The predicted octanol–water partition coefficient (Wildman–Crippen LogP) is 3.23. The number of carbonyl (C=O) groups is 1. The number of phenols is 1. The van der Waals surface area contributed by atoms with Gasteiger partial charge in [0.1, 0.15) is 5.75 Å². The highest BCUT2D eigenvalue weighted by atomic mass is 79.9. The van der Waals surface area contributed by atoms with Crippen molar-refractivity contribution in [2.45, 2.75) is 6.92 Å². The van der Waals surface area contributed by atoms with Crippen LogP contribution in [0, 0.1) is 6.92 Å². The van der Waals surface area contributed by atoms with Gasteiger partial charge in [0, 0.05) is 15.6 Å². The number of hydrogen-bond acceptors (Lipinski definition) is 3. The fraction of sp³-hybridized carbons (Fsp3) is 0.0667. The third kappa shape index (κ3) is 3.45. The maximum atomic E-state index is 11.8. The lowest BCUT2D eigenvalue weighted by Crippen LogP contribution is -2.17. The van der Waals surface area contributed by atoms with E-state index >= 15 is 0 Å². The van der Waals surface area contributed by atoms with E-state index in [2.05, 4.69) is 26.5 Å². The molecule has 2 rings (SSSR count). The number of aryl methyl sites for hydroxylation is 1. The first-order valence-electron chi connectivity index (χ1n) is 5.95. The van der Waals surface area contributed by atoms with Crippen LogP contribution in [0.1, 0.15) is 21.5 Å². The second-order valence-corrected chi connectivity index (χ2v) is 5.14. The Morgan fingerprint density at radius 2 is 2.00 bits per heavy atom. The van der Waals surface area contributed by atoms with Crippen LogP contribution in [0.4, 0.5) is 0 Å². The molecule has 0 saturated heterocycles. The van der Waals surface area contributed by atoms with Crippen LogP contribution in [0.3, 0.4) is 0 Å². The van der Waals surface area contributed by atoms with E-state index in [1.807, 2.05) is 6.07 Å². The highest BCUT2D eigenvalue weighted by Gasteiger charge is 2.05. The number of amides is 1. The van der Waals surface area contributed by atoms with Crippen molar-refractivity contribution < 1.29 is 9.90 Å². The number of benzene rings is 2. The van der Waals surface area contributed by atoms with E-state index in [1.165, 1.54) is 6.21 Å². The molecule has 2 aromatic carbocycles. The zero-order valence-corrected chi connectivity index (χ0v) is 12.4. The summed E-state index contributed by atoms with van der Waals surface area (Å²) in [5, 5.41) is 13.7. The molecule has 0 aromatic heterocycles. The molecule has 2 N–H and O–H groups in total. The third-order valence-electron chi connectivity index (χ3n) is 2.70. The molecule has 4 nitrogen and oxygen atoms in total. The van der Waals surface area contributed by atoms with Gasteiger partial charge in [-0.1, -0.05) is 34.1 Å². The van der Waals surface area contributed by atoms with E-state index in [4.69, 9.17) is 0 Å². The fourth-order valence-electron chi connectivity index (χ4n) is 1.67. The van der Waals surface area contributed by atoms with E-state index in [0.717, 1.165) is 10.0 Å². The lowest BCUT2D eigenvalue weighted by molar-refractivity contribution is 0.0955. The van der Waals surface area contributed by atoms with Crippen molar-refractivity contribution >= 4 is 28.1 Å². The number of rotatable bonds is 3. The highest BCUT2D eigenvalue weighted by Crippen LogP contribution is 2.25. The molecule has 2 aromatic rings. The molecule has 20 heavy (non-hydrogen) atoms. The first-order chi connectivity index (χ1) is 9.58. The second-order valence-electron chi connectivity index (χ2n) is 4.23. The topological polar surface area (TPSA) is 61.7 Å². The quantitative estimate of drug-likeness (QED) is 0.669. The Hall–Kier alpha value is -2.14. The summed E-state index contributed by atoms with van der Waals surface area (Å²) >= 11 is 3.34. The van der Waals surface area contributed by atoms with E-state index in [9.17, 15) is 9.90 Å². The Balaban J connectivity index is 2.10. The number of aromatic hydroxyl groups is 1. The predicted molar refractivity (Wildman–Crippen MR) is 82.0 cm³/mol. The van der Waals surface area contributed by atoms with Gasteiger partial charge in [-0.3, -0.25) is 4.79 Å². The molecule has 0 aliphatic carbocycles. The smallest absolute Gasteiger partial charge is 0.271 e. The zero-order valence-electron chi connectivity index (χ0n) is 10.8. The average molecular weight is 333 g/mol. The van der Waals surface area contributed by atoms with Crippen molar-refractivity contribution in [1.29, 1.82) is 0 Å². The molecule has 0 fully saturated rings. The first kappa shape index (κ1) is 14.3. The van der Waals surface area contributed by atoms with Gasteiger partial charge in [0.25, 0.3) is 5.91 Å². The van der Waals surface area contributed by atoms with Gasteiger partial charge in [0.2, 0.25) is 0 Å². The summed E-state index contributed by atoms with van der Waals surface area (Å²) in [4.78, 5) is 11.8. The normalized spacial score (nSPS) is 10.7.